The van der Waals surface area contributed by atoms with E-state index in [1.54, 1.807) is 0 Å². The SMILES string of the molecule is C=C[C@H]1C[C@@H]2C(=O)O[C@@H]3C(I)=CC4(OCCO4)[C@H]1[C@H]23. The van der Waals surface area contributed by atoms with E-state index in [1.165, 1.54) is 0 Å². The van der Waals surface area contributed by atoms with Crippen molar-refractivity contribution in [1.82, 2.24) is 0 Å². The molecule has 5 atom stereocenters. The molecule has 0 radical (unpaired) electrons. The summed E-state index contributed by atoms with van der Waals surface area (Å²) in [6.07, 6.45) is 4.67. The number of carbonyl (C=O) groups is 1. The van der Waals surface area contributed by atoms with Crippen molar-refractivity contribution in [2.24, 2.45) is 23.7 Å². The molecule has 2 saturated heterocycles. The van der Waals surface area contributed by atoms with Crippen molar-refractivity contribution in [3.63, 3.8) is 0 Å². The molecule has 4 aliphatic rings. The minimum atomic E-state index is -0.667. The van der Waals surface area contributed by atoms with Crippen molar-refractivity contribution in [2.75, 3.05) is 13.2 Å². The number of rotatable bonds is 1. The third-order valence-electron chi connectivity index (χ3n) is 4.88. The van der Waals surface area contributed by atoms with Gasteiger partial charge in [-0.2, -0.15) is 0 Å². The fraction of sp³-hybridized carbons (Fsp3) is 0.643. The second-order valence-electron chi connectivity index (χ2n) is 5.65. The van der Waals surface area contributed by atoms with E-state index in [0.29, 0.717) is 13.2 Å². The van der Waals surface area contributed by atoms with Crippen LogP contribution in [0.1, 0.15) is 6.42 Å². The Morgan fingerprint density at radius 3 is 2.84 bits per heavy atom. The summed E-state index contributed by atoms with van der Waals surface area (Å²) in [5, 5.41) is 0. The van der Waals surface area contributed by atoms with E-state index in [4.69, 9.17) is 14.2 Å². The van der Waals surface area contributed by atoms with E-state index in [-0.39, 0.29) is 35.7 Å². The second-order valence-corrected chi connectivity index (χ2v) is 6.90. The van der Waals surface area contributed by atoms with E-state index in [0.717, 1.165) is 10.0 Å². The molecule has 1 saturated carbocycles. The van der Waals surface area contributed by atoms with Gasteiger partial charge in [0, 0.05) is 15.4 Å². The number of esters is 1. The Labute approximate surface area is 125 Å². The van der Waals surface area contributed by atoms with E-state index >= 15 is 0 Å². The van der Waals surface area contributed by atoms with Crippen molar-refractivity contribution < 1.29 is 19.0 Å². The van der Waals surface area contributed by atoms with Gasteiger partial charge >= 0.3 is 5.97 Å². The third kappa shape index (κ3) is 1.49. The number of ether oxygens (including phenoxy) is 3. The molecule has 0 amide bonds. The number of fused-ring (bicyclic) bond motifs is 1. The summed E-state index contributed by atoms with van der Waals surface area (Å²) in [5.74, 6) is -0.190. The van der Waals surface area contributed by atoms with Crippen LogP contribution in [-0.4, -0.2) is 31.1 Å². The highest BCUT2D eigenvalue weighted by atomic mass is 127. The topological polar surface area (TPSA) is 44.8 Å². The predicted molar refractivity (Wildman–Crippen MR) is 75.4 cm³/mol. The number of hydrogen-bond acceptors (Lipinski definition) is 4. The maximum Gasteiger partial charge on any atom is 0.310 e. The van der Waals surface area contributed by atoms with Gasteiger partial charge in [0.25, 0.3) is 0 Å². The zero-order valence-electron chi connectivity index (χ0n) is 10.4. The lowest BCUT2D eigenvalue weighted by molar-refractivity contribution is -0.183. The van der Waals surface area contributed by atoms with Gasteiger partial charge in [-0.3, -0.25) is 4.79 Å². The van der Waals surface area contributed by atoms with Gasteiger partial charge in [-0.1, -0.05) is 6.08 Å². The van der Waals surface area contributed by atoms with Gasteiger partial charge in [-0.05, 0) is 41.0 Å². The first-order valence-electron chi connectivity index (χ1n) is 6.65. The maximum absolute atomic E-state index is 12.0. The molecule has 0 bridgehead atoms. The number of halogens is 1. The lowest BCUT2D eigenvalue weighted by Crippen LogP contribution is -2.48. The van der Waals surface area contributed by atoms with Crippen molar-refractivity contribution in [1.29, 1.82) is 0 Å². The van der Waals surface area contributed by atoms with Gasteiger partial charge in [0.05, 0.1) is 19.1 Å². The Hall–Kier alpha value is -0.400. The van der Waals surface area contributed by atoms with Crippen LogP contribution in [-0.2, 0) is 19.0 Å². The van der Waals surface area contributed by atoms with Crippen LogP contribution in [0.2, 0.25) is 0 Å². The third-order valence-corrected chi connectivity index (χ3v) is 5.80. The summed E-state index contributed by atoms with van der Waals surface area (Å²) >= 11 is 2.25. The Balaban J connectivity index is 1.85. The zero-order chi connectivity index (χ0) is 13.2. The summed E-state index contributed by atoms with van der Waals surface area (Å²) in [6, 6.07) is 0. The van der Waals surface area contributed by atoms with Crippen molar-refractivity contribution >= 4 is 28.6 Å². The molecule has 0 aromatic carbocycles. The Morgan fingerprint density at radius 1 is 1.42 bits per heavy atom. The second kappa shape index (κ2) is 4.05. The molecule has 4 nitrogen and oxygen atoms in total. The highest BCUT2D eigenvalue weighted by Crippen LogP contribution is 2.60. The van der Waals surface area contributed by atoms with Crippen LogP contribution in [0.15, 0.2) is 22.3 Å². The molecule has 3 fully saturated rings. The first kappa shape index (κ1) is 12.3. The predicted octanol–water partition coefficient (Wildman–Crippen LogP) is 2.04. The smallest absolute Gasteiger partial charge is 0.310 e. The molecule has 102 valence electrons. The first-order valence-corrected chi connectivity index (χ1v) is 7.73. The number of hydrogen-bond donors (Lipinski definition) is 0. The monoisotopic (exact) mass is 374 g/mol. The highest BCUT2D eigenvalue weighted by Gasteiger charge is 2.65. The largest absolute Gasteiger partial charge is 0.456 e. The molecule has 0 unspecified atom stereocenters. The molecular weight excluding hydrogens is 359 g/mol. The van der Waals surface area contributed by atoms with E-state index in [9.17, 15) is 4.79 Å². The summed E-state index contributed by atoms with van der Waals surface area (Å²) in [7, 11) is 0. The van der Waals surface area contributed by atoms with Crippen LogP contribution in [0, 0.1) is 23.7 Å². The van der Waals surface area contributed by atoms with Crippen LogP contribution in [0.25, 0.3) is 0 Å². The fourth-order valence-corrected chi connectivity index (χ4v) is 5.19. The molecule has 2 heterocycles. The fourth-order valence-electron chi connectivity index (χ4n) is 4.22. The van der Waals surface area contributed by atoms with Crippen molar-refractivity contribution in [3.8, 4) is 0 Å². The average molecular weight is 374 g/mol. The van der Waals surface area contributed by atoms with Gasteiger partial charge < -0.3 is 14.2 Å². The first-order chi connectivity index (χ1) is 9.16. The van der Waals surface area contributed by atoms with Gasteiger partial charge in [0.1, 0.15) is 6.10 Å². The molecule has 2 aliphatic carbocycles. The quantitative estimate of drug-likeness (QED) is 0.400. The summed E-state index contributed by atoms with van der Waals surface area (Å²) in [4.78, 5) is 12.0. The van der Waals surface area contributed by atoms with Crippen LogP contribution >= 0.6 is 22.6 Å². The van der Waals surface area contributed by atoms with E-state index in [2.05, 4.69) is 29.2 Å². The molecule has 2 aliphatic heterocycles. The minimum absolute atomic E-state index is 0.0267. The lowest BCUT2D eigenvalue weighted by Gasteiger charge is -2.41. The van der Waals surface area contributed by atoms with Crippen molar-refractivity contribution in [2.45, 2.75) is 18.3 Å². The Kier molecular flexibility index (Phi) is 2.63. The zero-order valence-corrected chi connectivity index (χ0v) is 12.5. The highest BCUT2D eigenvalue weighted by molar-refractivity contribution is 14.1. The molecular formula is C14H15IO4. The molecule has 4 rings (SSSR count). The number of carbonyl (C=O) groups excluding carboxylic acids is 1. The molecule has 0 aromatic rings. The van der Waals surface area contributed by atoms with Gasteiger partial charge in [-0.15, -0.1) is 6.58 Å². The molecule has 1 spiro atoms. The molecule has 19 heavy (non-hydrogen) atoms. The average Bonchev–Trinajstić information content (AvgIpc) is 3.04. The van der Waals surface area contributed by atoms with Crippen molar-refractivity contribution in [3.05, 3.63) is 22.3 Å². The minimum Gasteiger partial charge on any atom is -0.456 e. The van der Waals surface area contributed by atoms with Crippen LogP contribution in [0.3, 0.4) is 0 Å². The van der Waals surface area contributed by atoms with Crippen LogP contribution in [0.5, 0.6) is 0 Å². The molecule has 0 N–H and O–H groups in total. The van der Waals surface area contributed by atoms with Gasteiger partial charge in [0.15, 0.2) is 5.79 Å². The van der Waals surface area contributed by atoms with Crippen LogP contribution < -0.4 is 0 Å². The number of allylic oxidation sites excluding steroid dienone is 1. The van der Waals surface area contributed by atoms with Gasteiger partial charge in [0.2, 0.25) is 0 Å². The Bertz CT molecular complexity index is 480. The lowest BCUT2D eigenvalue weighted by atomic mass is 9.74. The summed E-state index contributed by atoms with van der Waals surface area (Å²) in [5.41, 5.74) is 0. The normalized spacial score (nSPS) is 46.1. The summed E-state index contributed by atoms with van der Waals surface area (Å²) < 4.78 is 18.5. The van der Waals surface area contributed by atoms with Gasteiger partial charge in [-0.25, -0.2) is 0 Å². The Morgan fingerprint density at radius 2 is 2.16 bits per heavy atom. The van der Waals surface area contributed by atoms with Crippen LogP contribution in [0.4, 0.5) is 0 Å². The maximum atomic E-state index is 12.0. The van der Waals surface area contributed by atoms with E-state index in [1.807, 2.05) is 12.2 Å². The standard InChI is InChI=1S/C14H15IO4/c1-2-7-5-8-10-11(7)14(17-3-4-18-14)6-9(15)12(10)19-13(8)16/h2,6-8,10-12H,1,3-5H2/t7-,8-,10-,11+,12+/m0/s1. The van der Waals surface area contributed by atoms with E-state index < -0.39 is 5.79 Å². The summed E-state index contributed by atoms with van der Waals surface area (Å²) in [6.45, 7) is 5.15. The molecule has 0 aromatic heterocycles. The molecule has 5 heteroatoms.